The zero-order chi connectivity index (χ0) is 19.9. The van der Waals surface area contributed by atoms with Crippen LogP contribution in [0.25, 0.3) is 6.08 Å². The molecule has 0 spiro atoms. The minimum absolute atomic E-state index is 0.198. The van der Waals surface area contributed by atoms with Gasteiger partial charge in [0.2, 0.25) is 0 Å². The highest BCUT2D eigenvalue weighted by Gasteiger charge is 2.30. The first-order chi connectivity index (χ1) is 12.8. The minimum atomic E-state index is -4.46. The van der Waals surface area contributed by atoms with E-state index < -0.39 is 30.2 Å². The van der Waals surface area contributed by atoms with Crippen molar-refractivity contribution in [3.8, 4) is 0 Å². The van der Waals surface area contributed by atoms with E-state index in [4.69, 9.17) is 4.74 Å². The summed E-state index contributed by atoms with van der Waals surface area (Å²) in [6.07, 6.45) is -2.29. The second kappa shape index (κ2) is 9.02. The molecule has 0 saturated heterocycles. The molecule has 0 aliphatic heterocycles. The van der Waals surface area contributed by atoms with E-state index in [2.05, 4.69) is 5.32 Å². The van der Waals surface area contributed by atoms with Crippen molar-refractivity contribution in [2.75, 3.05) is 6.61 Å². The van der Waals surface area contributed by atoms with Crippen molar-refractivity contribution in [2.45, 2.75) is 19.1 Å². The van der Waals surface area contributed by atoms with Gasteiger partial charge in [0.15, 0.2) is 6.61 Å². The molecule has 142 valence electrons. The van der Waals surface area contributed by atoms with E-state index in [-0.39, 0.29) is 11.6 Å². The summed E-state index contributed by atoms with van der Waals surface area (Å²) in [7, 11) is 0. The molecule has 0 bridgehead atoms. The first-order valence-corrected chi connectivity index (χ1v) is 8.12. The quantitative estimate of drug-likeness (QED) is 0.608. The molecule has 1 amide bonds. The van der Waals surface area contributed by atoms with Gasteiger partial charge in [-0.3, -0.25) is 4.79 Å². The van der Waals surface area contributed by atoms with Gasteiger partial charge in [0.05, 0.1) is 11.6 Å². The maximum Gasteiger partial charge on any atom is 0.416 e. The summed E-state index contributed by atoms with van der Waals surface area (Å²) in [5, 5.41) is 2.68. The van der Waals surface area contributed by atoms with Crippen molar-refractivity contribution in [1.82, 2.24) is 5.32 Å². The van der Waals surface area contributed by atoms with Crippen LogP contribution in [0, 0.1) is 0 Å². The van der Waals surface area contributed by atoms with Crippen LogP contribution < -0.4 is 5.32 Å². The Bertz CT molecular complexity index is 817. The molecule has 7 heteroatoms. The molecule has 1 N–H and O–H groups in total. The Hall–Kier alpha value is -3.09. The van der Waals surface area contributed by atoms with Crippen LogP contribution in [-0.2, 0) is 20.5 Å². The SMILES string of the molecule is CC(NC(=O)COC(=O)C=Cc1cccc(C(F)(F)F)c1)c1ccccc1. The average molecular weight is 377 g/mol. The van der Waals surface area contributed by atoms with Gasteiger partial charge in [0.25, 0.3) is 5.91 Å². The molecule has 1 unspecified atom stereocenters. The van der Waals surface area contributed by atoms with Crippen molar-refractivity contribution in [3.63, 3.8) is 0 Å². The number of hydrogen-bond acceptors (Lipinski definition) is 3. The molecular formula is C20H18F3NO3. The molecule has 0 saturated carbocycles. The lowest BCUT2D eigenvalue weighted by molar-refractivity contribution is -0.144. The summed E-state index contributed by atoms with van der Waals surface area (Å²) < 4.78 is 42.7. The first kappa shape index (κ1) is 20.2. The number of esters is 1. The maximum atomic E-state index is 12.6. The summed E-state index contributed by atoms with van der Waals surface area (Å²) in [6.45, 7) is 1.31. The number of alkyl halides is 3. The van der Waals surface area contributed by atoms with Crippen molar-refractivity contribution >= 4 is 18.0 Å². The van der Waals surface area contributed by atoms with Crippen molar-refractivity contribution in [2.24, 2.45) is 0 Å². The molecule has 4 nitrogen and oxygen atoms in total. The Morgan fingerprint density at radius 3 is 2.48 bits per heavy atom. The van der Waals surface area contributed by atoms with Crippen molar-refractivity contribution < 1.29 is 27.5 Å². The highest BCUT2D eigenvalue weighted by Crippen LogP contribution is 2.29. The highest BCUT2D eigenvalue weighted by atomic mass is 19.4. The maximum absolute atomic E-state index is 12.6. The van der Waals surface area contributed by atoms with Gasteiger partial charge in [0.1, 0.15) is 0 Å². The van der Waals surface area contributed by atoms with Crippen LogP contribution in [0.5, 0.6) is 0 Å². The van der Waals surface area contributed by atoms with E-state index in [1.54, 1.807) is 6.92 Å². The Labute approximate surface area is 154 Å². The van der Waals surface area contributed by atoms with Gasteiger partial charge in [0, 0.05) is 6.08 Å². The Morgan fingerprint density at radius 1 is 1.11 bits per heavy atom. The third-order valence-electron chi connectivity index (χ3n) is 3.65. The fourth-order valence-corrected chi connectivity index (χ4v) is 2.28. The van der Waals surface area contributed by atoms with Crippen LogP contribution in [0.2, 0.25) is 0 Å². The second-order valence-electron chi connectivity index (χ2n) is 5.76. The summed E-state index contributed by atoms with van der Waals surface area (Å²) >= 11 is 0. The predicted molar refractivity (Wildman–Crippen MR) is 94.4 cm³/mol. The van der Waals surface area contributed by atoms with Gasteiger partial charge < -0.3 is 10.1 Å². The molecule has 0 heterocycles. The molecule has 0 fully saturated rings. The van der Waals surface area contributed by atoms with E-state index in [0.29, 0.717) is 0 Å². The Balaban J connectivity index is 1.83. The lowest BCUT2D eigenvalue weighted by Crippen LogP contribution is -2.30. The number of hydrogen-bond donors (Lipinski definition) is 1. The second-order valence-corrected chi connectivity index (χ2v) is 5.76. The molecule has 2 rings (SSSR count). The van der Waals surface area contributed by atoms with Crippen LogP contribution in [0.4, 0.5) is 13.2 Å². The van der Waals surface area contributed by atoms with Crippen LogP contribution in [0.1, 0.15) is 29.7 Å². The van der Waals surface area contributed by atoms with Gasteiger partial charge in [-0.1, -0.05) is 42.5 Å². The van der Waals surface area contributed by atoms with Crippen LogP contribution >= 0.6 is 0 Å². The predicted octanol–water partition coefficient (Wildman–Crippen LogP) is 4.14. The van der Waals surface area contributed by atoms with E-state index in [0.717, 1.165) is 23.8 Å². The number of nitrogens with one attached hydrogen (secondary N) is 1. The molecule has 2 aromatic rings. The zero-order valence-electron chi connectivity index (χ0n) is 14.5. The molecular weight excluding hydrogens is 359 g/mol. The number of rotatable bonds is 6. The van der Waals surface area contributed by atoms with Gasteiger partial charge >= 0.3 is 12.1 Å². The van der Waals surface area contributed by atoms with Crippen LogP contribution in [-0.4, -0.2) is 18.5 Å². The fraction of sp³-hybridized carbons (Fsp3) is 0.200. The lowest BCUT2D eigenvalue weighted by Gasteiger charge is -2.13. The Kier molecular flexibility index (Phi) is 6.76. The Morgan fingerprint density at radius 2 is 1.81 bits per heavy atom. The normalized spacial score (nSPS) is 12.6. The van der Waals surface area contributed by atoms with Crippen molar-refractivity contribution in [1.29, 1.82) is 0 Å². The molecule has 27 heavy (non-hydrogen) atoms. The molecule has 1 atom stereocenters. The smallest absolute Gasteiger partial charge is 0.416 e. The average Bonchev–Trinajstić information content (AvgIpc) is 2.65. The molecule has 0 radical (unpaired) electrons. The molecule has 2 aromatic carbocycles. The van der Waals surface area contributed by atoms with Crippen molar-refractivity contribution in [3.05, 3.63) is 77.4 Å². The fourth-order valence-electron chi connectivity index (χ4n) is 2.28. The number of amides is 1. The molecule has 0 aliphatic carbocycles. The van der Waals surface area contributed by atoms with E-state index in [9.17, 15) is 22.8 Å². The number of carbonyl (C=O) groups is 2. The topological polar surface area (TPSA) is 55.4 Å². The molecule has 0 aromatic heterocycles. The summed E-state index contributed by atoms with van der Waals surface area (Å²) in [4.78, 5) is 23.5. The number of benzene rings is 2. The van der Waals surface area contributed by atoms with Gasteiger partial charge in [-0.05, 0) is 36.3 Å². The lowest BCUT2D eigenvalue weighted by atomic mass is 10.1. The van der Waals surface area contributed by atoms with Crippen LogP contribution in [0.3, 0.4) is 0 Å². The minimum Gasteiger partial charge on any atom is -0.452 e. The van der Waals surface area contributed by atoms with E-state index in [1.807, 2.05) is 30.3 Å². The number of ether oxygens (including phenoxy) is 1. The van der Waals surface area contributed by atoms with E-state index in [1.165, 1.54) is 18.2 Å². The van der Waals surface area contributed by atoms with Gasteiger partial charge in [-0.15, -0.1) is 0 Å². The van der Waals surface area contributed by atoms with Gasteiger partial charge in [-0.2, -0.15) is 13.2 Å². The largest absolute Gasteiger partial charge is 0.452 e. The zero-order valence-corrected chi connectivity index (χ0v) is 14.5. The third-order valence-corrected chi connectivity index (χ3v) is 3.65. The third kappa shape index (κ3) is 6.62. The standard InChI is InChI=1S/C20H18F3NO3/c1-14(16-7-3-2-4-8-16)24-18(25)13-27-19(26)11-10-15-6-5-9-17(12-15)20(21,22)23/h2-12,14H,13H2,1H3,(H,24,25). The number of carbonyl (C=O) groups excluding carboxylic acids is 2. The highest BCUT2D eigenvalue weighted by molar-refractivity contribution is 5.89. The van der Waals surface area contributed by atoms with Crippen LogP contribution in [0.15, 0.2) is 60.7 Å². The summed E-state index contributed by atoms with van der Waals surface area (Å²) in [6, 6.07) is 13.5. The number of halogens is 3. The van der Waals surface area contributed by atoms with E-state index >= 15 is 0 Å². The summed E-state index contributed by atoms with van der Waals surface area (Å²) in [5.41, 5.74) is 0.290. The molecule has 0 aliphatic rings. The van der Waals surface area contributed by atoms with Gasteiger partial charge in [-0.25, -0.2) is 4.79 Å². The first-order valence-electron chi connectivity index (χ1n) is 8.12. The monoisotopic (exact) mass is 377 g/mol. The summed E-state index contributed by atoms with van der Waals surface area (Å²) in [5.74, 6) is -1.30.